The highest BCUT2D eigenvalue weighted by molar-refractivity contribution is 9.14. The summed E-state index contributed by atoms with van der Waals surface area (Å²) >= 11 is 7.08. The molecule has 1 aliphatic rings. The summed E-state index contributed by atoms with van der Waals surface area (Å²) in [4.78, 5) is 11.3. The molecule has 0 amide bonds. The van der Waals surface area contributed by atoms with E-state index >= 15 is 0 Å². The zero-order chi connectivity index (χ0) is 10.9. The first-order chi connectivity index (χ1) is 6.41. The van der Waals surface area contributed by atoms with Crippen LogP contribution >= 0.6 is 31.9 Å². The highest BCUT2D eigenvalue weighted by Gasteiger charge is 2.59. The Labute approximate surface area is 101 Å². The number of ether oxygens (including phenoxy) is 1. The van der Waals surface area contributed by atoms with E-state index in [2.05, 4.69) is 51.8 Å². The number of allylic oxidation sites excluding steroid dienone is 2. The van der Waals surface area contributed by atoms with Gasteiger partial charge in [-0.1, -0.05) is 51.8 Å². The molecule has 0 saturated heterocycles. The number of carbonyl (C=O) groups excluding carboxylic acids is 1. The molecule has 0 aromatic carbocycles. The van der Waals surface area contributed by atoms with Crippen molar-refractivity contribution < 1.29 is 9.53 Å². The standard InChI is InChI=1S/C10H14Br2O2/c1-6(2)4-8(11)10(12)5-7(10)9(13)14-3/h4,6-7H,5H2,1-3H3/b8-4-/t7-,10+/m1/s1. The number of carbonyl (C=O) groups is 1. The van der Waals surface area contributed by atoms with Crippen molar-refractivity contribution in [2.45, 2.75) is 24.6 Å². The van der Waals surface area contributed by atoms with E-state index in [1.807, 2.05) is 0 Å². The third-order valence-corrected chi connectivity index (χ3v) is 5.06. The van der Waals surface area contributed by atoms with Gasteiger partial charge in [0, 0.05) is 4.48 Å². The van der Waals surface area contributed by atoms with E-state index in [9.17, 15) is 4.79 Å². The van der Waals surface area contributed by atoms with Gasteiger partial charge in [-0.25, -0.2) is 0 Å². The number of esters is 1. The van der Waals surface area contributed by atoms with Crippen LogP contribution in [-0.4, -0.2) is 17.4 Å². The third kappa shape index (κ3) is 2.40. The lowest BCUT2D eigenvalue weighted by molar-refractivity contribution is -0.142. The number of methoxy groups -OCH3 is 1. The van der Waals surface area contributed by atoms with E-state index in [0.717, 1.165) is 10.9 Å². The summed E-state index contributed by atoms with van der Waals surface area (Å²) in [7, 11) is 1.42. The Morgan fingerprint density at radius 2 is 2.21 bits per heavy atom. The van der Waals surface area contributed by atoms with Gasteiger partial charge in [0.2, 0.25) is 0 Å². The van der Waals surface area contributed by atoms with Gasteiger partial charge < -0.3 is 4.74 Å². The van der Waals surface area contributed by atoms with Crippen LogP contribution in [0.15, 0.2) is 10.6 Å². The van der Waals surface area contributed by atoms with Crippen LogP contribution in [0.5, 0.6) is 0 Å². The summed E-state index contributed by atoms with van der Waals surface area (Å²) in [5.74, 6) is 0.283. The predicted molar refractivity (Wildman–Crippen MR) is 63.6 cm³/mol. The Morgan fingerprint density at radius 1 is 1.64 bits per heavy atom. The zero-order valence-electron chi connectivity index (χ0n) is 8.51. The van der Waals surface area contributed by atoms with Gasteiger partial charge in [-0.05, 0) is 12.3 Å². The molecule has 4 heteroatoms. The van der Waals surface area contributed by atoms with Gasteiger partial charge in [-0.2, -0.15) is 0 Å². The minimum atomic E-state index is -0.204. The maximum atomic E-state index is 11.3. The van der Waals surface area contributed by atoms with Crippen molar-refractivity contribution >= 4 is 37.8 Å². The summed E-state index contributed by atoms with van der Waals surface area (Å²) < 4.78 is 5.56. The van der Waals surface area contributed by atoms with Crippen molar-refractivity contribution in [1.82, 2.24) is 0 Å². The molecule has 2 atom stereocenters. The fraction of sp³-hybridized carbons (Fsp3) is 0.700. The minimum Gasteiger partial charge on any atom is -0.469 e. The number of halogens is 2. The van der Waals surface area contributed by atoms with Gasteiger partial charge in [0.15, 0.2) is 0 Å². The molecule has 0 aromatic rings. The smallest absolute Gasteiger partial charge is 0.310 e. The van der Waals surface area contributed by atoms with Crippen molar-refractivity contribution in [1.29, 1.82) is 0 Å². The first-order valence-corrected chi connectivity index (χ1v) is 6.15. The predicted octanol–water partition coefficient (Wildman–Crippen LogP) is 3.25. The Balaban J connectivity index is 2.68. The molecule has 80 valence electrons. The monoisotopic (exact) mass is 324 g/mol. The van der Waals surface area contributed by atoms with E-state index < -0.39 is 0 Å². The van der Waals surface area contributed by atoms with Crippen LogP contribution in [-0.2, 0) is 9.53 Å². The molecule has 14 heavy (non-hydrogen) atoms. The maximum absolute atomic E-state index is 11.3. The summed E-state index contributed by atoms with van der Waals surface area (Å²) in [6.07, 6.45) is 2.92. The lowest BCUT2D eigenvalue weighted by atomic mass is 10.2. The van der Waals surface area contributed by atoms with Crippen LogP contribution in [0.1, 0.15) is 20.3 Å². The molecule has 1 rings (SSSR count). The largest absolute Gasteiger partial charge is 0.469 e. The number of hydrogen-bond acceptors (Lipinski definition) is 2. The van der Waals surface area contributed by atoms with Gasteiger partial charge in [-0.3, -0.25) is 4.79 Å². The second-order valence-electron chi connectivity index (χ2n) is 3.90. The average molecular weight is 326 g/mol. The van der Waals surface area contributed by atoms with Crippen LogP contribution in [0.4, 0.5) is 0 Å². The number of hydrogen-bond donors (Lipinski definition) is 0. The van der Waals surface area contributed by atoms with E-state index in [0.29, 0.717) is 5.92 Å². The molecule has 1 saturated carbocycles. The first kappa shape index (κ1) is 12.2. The summed E-state index contributed by atoms with van der Waals surface area (Å²) in [5.41, 5.74) is 0. The van der Waals surface area contributed by atoms with Crippen LogP contribution in [0.3, 0.4) is 0 Å². The van der Waals surface area contributed by atoms with Crippen molar-refractivity contribution in [2.75, 3.05) is 7.11 Å². The van der Waals surface area contributed by atoms with E-state index in [-0.39, 0.29) is 16.2 Å². The van der Waals surface area contributed by atoms with Crippen molar-refractivity contribution in [3.63, 3.8) is 0 Å². The molecule has 0 radical (unpaired) electrons. The van der Waals surface area contributed by atoms with Crippen LogP contribution in [0.2, 0.25) is 0 Å². The molecular formula is C10H14Br2O2. The van der Waals surface area contributed by atoms with Crippen molar-refractivity contribution in [3.8, 4) is 0 Å². The molecule has 1 fully saturated rings. The Hall–Kier alpha value is 0.170. The Bertz CT molecular complexity index is 273. The highest BCUT2D eigenvalue weighted by Crippen LogP contribution is 2.58. The van der Waals surface area contributed by atoms with Gasteiger partial charge >= 0.3 is 5.97 Å². The molecule has 0 spiro atoms. The first-order valence-electron chi connectivity index (χ1n) is 4.56. The second-order valence-corrected chi connectivity index (χ2v) is 6.17. The third-order valence-electron chi connectivity index (χ3n) is 2.26. The van der Waals surface area contributed by atoms with Gasteiger partial charge in [-0.15, -0.1) is 0 Å². The quantitative estimate of drug-likeness (QED) is 0.588. The summed E-state index contributed by atoms with van der Waals surface area (Å²) in [6, 6.07) is 0. The van der Waals surface area contributed by atoms with E-state index in [4.69, 9.17) is 4.74 Å². The Morgan fingerprint density at radius 3 is 2.64 bits per heavy atom. The molecule has 0 aromatic heterocycles. The summed E-state index contributed by atoms with van der Waals surface area (Å²) in [5, 5.41) is 0. The lowest BCUT2D eigenvalue weighted by Crippen LogP contribution is -2.12. The molecule has 2 nitrogen and oxygen atoms in total. The number of alkyl halides is 1. The van der Waals surface area contributed by atoms with E-state index in [1.54, 1.807) is 0 Å². The highest BCUT2D eigenvalue weighted by atomic mass is 79.9. The SMILES string of the molecule is COC(=O)[C@H]1C[C@@]1(Br)/C(Br)=C/C(C)C. The Kier molecular flexibility index (Phi) is 3.81. The topological polar surface area (TPSA) is 26.3 Å². The fourth-order valence-electron chi connectivity index (χ4n) is 1.35. The minimum absolute atomic E-state index is 0.0446. The lowest BCUT2D eigenvalue weighted by Gasteiger charge is -2.09. The van der Waals surface area contributed by atoms with Crippen LogP contribution in [0, 0.1) is 11.8 Å². The molecular weight excluding hydrogens is 312 g/mol. The molecule has 0 heterocycles. The second kappa shape index (κ2) is 4.35. The van der Waals surface area contributed by atoms with E-state index in [1.165, 1.54) is 7.11 Å². The molecule has 0 N–H and O–H groups in total. The maximum Gasteiger partial charge on any atom is 0.310 e. The molecule has 0 aliphatic heterocycles. The number of rotatable bonds is 3. The van der Waals surface area contributed by atoms with Gasteiger partial charge in [0.05, 0.1) is 17.4 Å². The summed E-state index contributed by atoms with van der Waals surface area (Å²) in [6.45, 7) is 4.21. The normalized spacial score (nSPS) is 31.9. The van der Waals surface area contributed by atoms with Crippen molar-refractivity contribution in [2.24, 2.45) is 11.8 Å². The van der Waals surface area contributed by atoms with Crippen LogP contribution in [0.25, 0.3) is 0 Å². The zero-order valence-corrected chi connectivity index (χ0v) is 11.7. The van der Waals surface area contributed by atoms with Crippen LogP contribution < -0.4 is 0 Å². The fourth-order valence-corrected chi connectivity index (χ4v) is 2.96. The van der Waals surface area contributed by atoms with Crippen molar-refractivity contribution in [3.05, 3.63) is 10.6 Å². The van der Waals surface area contributed by atoms with Gasteiger partial charge in [0.1, 0.15) is 0 Å². The molecule has 0 bridgehead atoms. The molecule has 1 aliphatic carbocycles. The average Bonchev–Trinajstić information content (AvgIpc) is 2.77. The molecule has 0 unspecified atom stereocenters. The van der Waals surface area contributed by atoms with Gasteiger partial charge in [0.25, 0.3) is 0 Å².